The number of amides is 1. The second kappa shape index (κ2) is 10.8. The van der Waals surface area contributed by atoms with Crippen molar-refractivity contribution >= 4 is 47.0 Å². The van der Waals surface area contributed by atoms with E-state index in [2.05, 4.69) is 24.4 Å². The molecule has 0 unspecified atom stereocenters. The van der Waals surface area contributed by atoms with Gasteiger partial charge in [0.25, 0.3) is 0 Å². The predicted octanol–water partition coefficient (Wildman–Crippen LogP) is 5.60. The quantitative estimate of drug-likeness (QED) is 0.598. The van der Waals surface area contributed by atoms with Gasteiger partial charge in [-0.25, -0.2) is 4.79 Å². The van der Waals surface area contributed by atoms with Crippen molar-refractivity contribution in [2.24, 2.45) is 5.92 Å². The number of carbonyl (C=O) groups excluding carboxylic acids is 1. The zero-order valence-corrected chi connectivity index (χ0v) is 15.4. The van der Waals surface area contributed by atoms with Gasteiger partial charge < -0.3 is 10.1 Å². The molecule has 0 radical (unpaired) electrons. The van der Waals surface area contributed by atoms with Crippen molar-refractivity contribution in [1.29, 1.82) is 0 Å². The second-order valence-corrected chi connectivity index (χ2v) is 7.76. The van der Waals surface area contributed by atoms with Crippen LogP contribution in [0.5, 0.6) is 0 Å². The third-order valence-corrected chi connectivity index (χ3v) is 3.49. The Morgan fingerprint density at radius 1 is 1.30 bits per heavy atom. The SMILES string of the molecule is CCCC[C@@H](/C=C/c1ccccc1)CNC(=O)OCC(Cl)(Cl)Cl. The first-order chi connectivity index (χ1) is 10.9. The molecule has 0 aliphatic carbocycles. The van der Waals surface area contributed by atoms with Crippen LogP contribution >= 0.6 is 34.8 Å². The number of alkyl halides is 3. The van der Waals surface area contributed by atoms with Crippen molar-refractivity contribution in [2.75, 3.05) is 13.2 Å². The summed E-state index contributed by atoms with van der Waals surface area (Å²) in [4.78, 5) is 11.6. The summed E-state index contributed by atoms with van der Waals surface area (Å²) in [5, 5.41) is 2.71. The summed E-state index contributed by atoms with van der Waals surface area (Å²) in [6, 6.07) is 10.0. The van der Waals surface area contributed by atoms with E-state index in [1.54, 1.807) is 0 Å². The summed E-state index contributed by atoms with van der Waals surface area (Å²) in [6.45, 7) is 2.35. The van der Waals surface area contributed by atoms with Gasteiger partial charge in [-0.2, -0.15) is 0 Å². The Morgan fingerprint density at radius 2 is 2.00 bits per heavy atom. The molecule has 1 aromatic rings. The summed E-state index contributed by atoms with van der Waals surface area (Å²) in [6.07, 6.45) is 6.78. The smallest absolute Gasteiger partial charge is 0.407 e. The number of benzene rings is 1. The van der Waals surface area contributed by atoms with Crippen LogP contribution in [0.25, 0.3) is 6.08 Å². The number of hydrogen-bond acceptors (Lipinski definition) is 2. The molecule has 128 valence electrons. The molecule has 23 heavy (non-hydrogen) atoms. The van der Waals surface area contributed by atoms with E-state index < -0.39 is 9.89 Å². The minimum absolute atomic E-state index is 0.232. The van der Waals surface area contributed by atoms with Gasteiger partial charge in [-0.1, -0.05) is 97.1 Å². The van der Waals surface area contributed by atoms with E-state index >= 15 is 0 Å². The number of carbonyl (C=O) groups is 1. The number of unbranched alkanes of at least 4 members (excludes halogenated alkanes) is 1. The molecule has 0 saturated heterocycles. The van der Waals surface area contributed by atoms with Crippen molar-refractivity contribution in [2.45, 2.75) is 30.0 Å². The molecule has 1 atom stereocenters. The molecule has 1 amide bonds. The second-order valence-electron chi connectivity index (χ2n) is 5.24. The first-order valence-corrected chi connectivity index (χ1v) is 8.74. The van der Waals surface area contributed by atoms with Gasteiger partial charge in [-0.3, -0.25) is 0 Å². The van der Waals surface area contributed by atoms with Gasteiger partial charge in [0.1, 0.15) is 6.61 Å². The molecule has 0 heterocycles. The van der Waals surface area contributed by atoms with Gasteiger partial charge in [0, 0.05) is 6.54 Å². The summed E-state index contributed by atoms with van der Waals surface area (Å²) in [5.74, 6) is 0.232. The lowest BCUT2D eigenvalue weighted by Gasteiger charge is -2.15. The standard InChI is InChI=1S/C17H22Cl3NO2/c1-2-3-7-15(11-10-14-8-5-4-6-9-14)12-21-16(22)23-13-17(18,19)20/h4-6,8-11,15H,2-3,7,12-13H2,1H3,(H,21,22)/b11-10+/t15-/m0/s1. The molecule has 0 saturated carbocycles. The average molecular weight is 379 g/mol. The highest BCUT2D eigenvalue weighted by Crippen LogP contribution is 2.25. The lowest BCUT2D eigenvalue weighted by molar-refractivity contribution is 0.147. The number of ether oxygens (including phenoxy) is 1. The molecule has 0 fully saturated rings. The molecule has 1 aromatic carbocycles. The van der Waals surface area contributed by atoms with E-state index in [9.17, 15) is 4.79 Å². The summed E-state index contributed by atoms with van der Waals surface area (Å²) in [7, 11) is 0. The third-order valence-electron chi connectivity index (χ3n) is 3.16. The first kappa shape index (κ1) is 20.1. The van der Waals surface area contributed by atoms with Crippen LogP contribution < -0.4 is 5.32 Å². The molecule has 1 N–H and O–H groups in total. The maximum atomic E-state index is 11.6. The van der Waals surface area contributed by atoms with Crippen LogP contribution in [0.1, 0.15) is 31.7 Å². The van der Waals surface area contributed by atoms with Crippen LogP contribution in [0.4, 0.5) is 4.79 Å². The fraction of sp³-hybridized carbons (Fsp3) is 0.471. The zero-order valence-electron chi connectivity index (χ0n) is 13.1. The molecule has 0 aliphatic heterocycles. The molecule has 0 bridgehead atoms. The number of nitrogens with one attached hydrogen (secondary N) is 1. The van der Waals surface area contributed by atoms with Gasteiger partial charge in [-0.15, -0.1) is 0 Å². The van der Waals surface area contributed by atoms with Crippen LogP contribution in [-0.2, 0) is 4.74 Å². The topological polar surface area (TPSA) is 38.3 Å². The first-order valence-electron chi connectivity index (χ1n) is 7.61. The maximum absolute atomic E-state index is 11.6. The number of halogens is 3. The van der Waals surface area contributed by atoms with E-state index in [1.807, 2.05) is 30.3 Å². The normalized spacial score (nSPS) is 13.0. The molecule has 0 aliphatic rings. The fourth-order valence-corrected chi connectivity index (χ4v) is 2.12. The van der Waals surface area contributed by atoms with Crippen molar-refractivity contribution in [3.63, 3.8) is 0 Å². The van der Waals surface area contributed by atoms with Gasteiger partial charge in [0.15, 0.2) is 0 Å². The van der Waals surface area contributed by atoms with E-state index in [4.69, 9.17) is 39.5 Å². The minimum atomic E-state index is -1.59. The highest BCUT2D eigenvalue weighted by atomic mass is 35.6. The van der Waals surface area contributed by atoms with E-state index in [0.29, 0.717) is 6.54 Å². The number of alkyl carbamates (subject to hydrolysis) is 1. The van der Waals surface area contributed by atoms with Gasteiger partial charge in [0.2, 0.25) is 3.79 Å². The Kier molecular flexibility index (Phi) is 9.46. The molecular weight excluding hydrogens is 357 g/mol. The molecule has 1 rings (SSSR count). The van der Waals surface area contributed by atoms with Crippen LogP contribution in [-0.4, -0.2) is 23.0 Å². The fourth-order valence-electron chi connectivity index (χ4n) is 1.96. The van der Waals surface area contributed by atoms with Crippen LogP contribution in [0, 0.1) is 5.92 Å². The summed E-state index contributed by atoms with van der Waals surface area (Å²) in [5.41, 5.74) is 1.13. The Morgan fingerprint density at radius 3 is 2.61 bits per heavy atom. The maximum Gasteiger partial charge on any atom is 0.407 e. The van der Waals surface area contributed by atoms with Crippen molar-refractivity contribution < 1.29 is 9.53 Å². The van der Waals surface area contributed by atoms with Crippen molar-refractivity contribution in [3.8, 4) is 0 Å². The van der Waals surface area contributed by atoms with E-state index in [0.717, 1.165) is 24.8 Å². The molecule has 0 aromatic heterocycles. The Bertz CT molecular complexity index is 486. The average Bonchev–Trinajstić information content (AvgIpc) is 2.52. The molecule has 0 spiro atoms. The monoisotopic (exact) mass is 377 g/mol. The van der Waals surface area contributed by atoms with Crippen molar-refractivity contribution in [1.82, 2.24) is 5.32 Å². The van der Waals surface area contributed by atoms with E-state index in [1.165, 1.54) is 0 Å². The minimum Gasteiger partial charge on any atom is -0.445 e. The predicted molar refractivity (Wildman–Crippen MR) is 98.1 cm³/mol. The van der Waals surface area contributed by atoms with Gasteiger partial charge >= 0.3 is 6.09 Å². The van der Waals surface area contributed by atoms with Crippen LogP contribution in [0.2, 0.25) is 0 Å². The highest BCUT2D eigenvalue weighted by Gasteiger charge is 2.22. The van der Waals surface area contributed by atoms with E-state index in [-0.39, 0.29) is 12.5 Å². The number of hydrogen-bond donors (Lipinski definition) is 1. The largest absolute Gasteiger partial charge is 0.445 e. The summed E-state index contributed by atoms with van der Waals surface area (Å²) < 4.78 is 3.26. The molecule has 3 nitrogen and oxygen atoms in total. The summed E-state index contributed by atoms with van der Waals surface area (Å²) >= 11 is 16.6. The molecule has 6 heteroatoms. The Hall–Kier alpha value is -0.900. The number of rotatable bonds is 8. The van der Waals surface area contributed by atoms with Gasteiger partial charge in [-0.05, 0) is 17.9 Å². The van der Waals surface area contributed by atoms with Crippen molar-refractivity contribution in [3.05, 3.63) is 42.0 Å². The lowest BCUT2D eigenvalue weighted by Crippen LogP contribution is -2.31. The molecular formula is C17H22Cl3NO2. The van der Waals surface area contributed by atoms with Crippen LogP contribution in [0.15, 0.2) is 36.4 Å². The Balaban J connectivity index is 2.47. The Labute approximate surface area is 152 Å². The van der Waals surface area contributed by atoms with Crippen LogP contribution in [0.3, 0.4) is 0 Å². The van der Waals surface area contributed by atoms with Gasteiger partial charge in [0.05, 0.1) is 0 Å². The lowest BCUT2D eigenvalue weighted by atomic mass is 10.0. The third kappa shape index (κ3) is 10.5. The highest BCUT2D eigenvalue weighted by molar-refractivity contribution is 6.67. The zero-order chi connectivity index (χ0) is 17.1.